The summed E-state index contributed by atoms with van der Waals surface area (Å²) in [6.07, 6.45) is 0. The van der Waals surface area contributed by atoms with Crippen LogP contribution in [0.1, 0.15) is 18.1 Å². The monoisotopic (exact) mass is 226 g/mol. The van der Waals surface area contributed by atoms with Crippen LogP contribution in [0.15, 0.2) is 12.1 Å². The first kappa shape index (κ1) is 12.0. The number of anilines is 1. The molecule has 0 aliphatic rings. The molecule has 0 bridgehead atoms. The molecule has 0 radical (unpaired) electrons. The fourth-order valence-corrected chi connectivity index (χ4v) is 1.68. The number of nitrogens with one attached hydrogen (secondary N) is 1. The van der Waals surface area contributed by atoms with Gasteiger partial charge in [-0.15, -0.1) is 0 Å². The first-order valence-electron chi connectivity index (χ1n) is 4.75. The van der Waals surface area contributed by atoms with E-state index < -0.39 is 6.04 Å². The van der Waals surface area contributed by atoms with Crippen molar-refractivity contribution in [3.05, 3.63) is 28.3 Å². The van der Waals surface area contributed by atoms with Gasteiger partial charge in [0.1, 0.15) is 0 Å². The van der Waals surface area contributed by atoms with E-state index in [-0.39, 0.29) is 5.91 Å². The van der Waals surface area contributed by atoms with Crippen molar-refractivity contribution < 1.29 is 4.79 Å². The van der Waals surface area contributed by atoms with Gasteiger partial charge in [-0.2, -0.15) is 0 Å². The minimum atomic E-state index is -0.540. The highest BCUT2D eigenvalue weighted by molar-refractivity contribution is 6.34. The average molecular weight is 227 g/mol. The molecule has 1 atom stereocenters. The standard InChI is InChI=1S/C11H15ClN2O/c1-6-4-7(2)10(9(12)5-6)14-11(15)8(3)13/h4-5,8H,13H2,1-3H3,(H,14,15)/t8-/m0/s1. The van der Waals surface area contributed by atoms with Gasteiger partial charge in [0.15, 0.2) is 0 Å². The molecule has 0 heterocycles. The van der Waals surface area contributed by atoms with Gasteiger partial charge in [-0.05, 0) is 38.0 Å². The van der Waals surface area contributed by atoms with Crippen LogP contribution < -0.4 is 11.1 Å². The SMILES string of the molecule is Cc1cc(C)c(NC(=O)[C@H](C)N)c(Cl)c1. The van der Waals surface area contributed by atoms with Gasteiger partial charge in [0.2, 0.25) is 5.91 Å². The van der Waals surface area contributed by atoms with E-state index in [0.717, 1.165) is 11.1 Å². The van der Waals surface area contributed by atoms with Crippen molar-refractivity contribution in [2.75, 3.05) is 5.32 Å². The van der Waals surface area contributed by atoms with E-state index >= 15 is 0 Å². The summed E-state index contributed by atoms with van der Waals surface area (Å²) in [6, 6.07) is 3.23. The summed E-state index contributed by atoms with van der Waals surface area (Å²) < 4.78 is 0. The molecule has 0 spiro atoms. The highest BCUT2D eigenvalue weighted by Gasteiger charge is 2.11. The van der Waals surface area contributed by atoms with Crippen LogP contribution in [0.2, 0.25) is 5.02 Å². The number of benzene rings is 1. The Balaban J connectivity index is 3.00. The van der Waals surface area contributed by atoms with E-state index in [1.165, 1.54) is 0 Å². The molecule has 0 unspecified atom stereocenters. The molecule has 1 aromatic carbocycles. The number of nitrogens with two attached hydrogens (primary N) is 1. The van der Waals surface area contributed by atoms with Crippen LogP contribution in [0.5, 0.6) is 0 Å². The van der Waals surface area contributed by atoms with Crippen molar-refractivity contribution in [1.82, 2.24) is 0 Å². The normalized spacial score (nSPS) is 12.3. The number of hydrogen-bond donors (Lipinski definition) is 2. The van der Waals surface area contributed by atoms with Gasteiger partial charge in [-0.1, -0.05) is 17.7 Å². The lowest BCUT2D eigenvalue weighted by molar-refractivity contribution is -0.117. The Hall–Kier alpha value is -1.06. The summed E-state index contributed by atoms with van der Waals surface area (Å²) in [4.78, 5) is 11.4. The van der Waals surface area contributed by atoms with Crippen molar-refractivity contribution in [1.29, 1.82) is 0 Å². The molecule has 3 nitrogen and oxygen atoms in total. The zero-order chi connectivity index (χ0) is 11.6. The second kappa shape index (κ2) is 4.64. The maximum absolute atomic E-state index is 11.4. The molecule has 0 saturated heterocycles. The first-order valence-corrected chi connectivity index (χ1v) is 5.13. The number of rotatable bonds is 2. The number of hydrogen-bond acceptors (Lipinski definition) is 2. The Morgan fingerprint density at radius 1 is 1.47 bits per heavy atom. The van der Waals surface area contributed by atoms with Gasteiger partial charge in [0, 0.05) is 0 Å². The third-order valence-corrected chi connectivity index (χ3v) is 2.39. The van der Waals surface area contributed by atoms with Crippen LogP contribution in [0.4, 0.5) is 5.69 Å². The van der Waals surface area contributed by atoms with E-state index in [2.05, 4.69) is 5.32 Å². The molecule has 4 heteroatoms. The smallest absolute Gasteiger partial charge is 0.241 e. The Labute approximate surface area is 94.6 Å². The third kappa shape index (κ3) is 2.94. The lowest BCUT2D eigenvalue weighted by atomic mass is 10.1. The first-order chi connectivity index (χ1) is 6.91. The summed E-state index contributed by atoms with van der Waals surface area (Å²) in [7, 11) is 0. The summed E-state index contributed by atoms with van der Waals surface area (Å²) in [5.74, 6) is -0.233. The van der Waals surface area contributed by atoms with E-state index in [9.17, 15) is 4.79 Å². The van der Waals surface area contributed by atoms with Gasteiger partial charge >= 0.3 is 0 Å². The van der Waals surface area contributed by atoms with Gasteiger partial charge < -0.3 is 11.1 Å². The summed E-state index contributed by atoms with van der Waals surface area (Å²) in [5, 5.41) is 3.25. The van der Waals surface area contributed by atoms with Crippen LogP contribution in [0, 0.1) is 13.8 Å². The van der Waals surface area contributed by atoms with E-state index in [1.54, 1.807) is 6.92 Å². The van der Waals surface area contributed by atoms with Gasteiger partial charge in [-0.3, -0.25) is 4.79 Å². The van der Waals surface area contributed by atoms with E-state index in [0.29, 0.717) is 10.7 Å². The van der Waals surface area contributed by atoms with Crippen molar-refractivity contribution in [2.24, 2.45) is 5.73 Å². The van der Waals surface area contributed by atoms with Crippen LogP contribution in [0.3, 0.4) is 0 Å². The fourth-order valence-electron chi connectivity index (χ4n) is 1.31. The molecule has 15 heavy (non-hydrogen) atoms. The minimum Gasteiger partial charge on any atom is -0.323 e. The highest BCUT2D eigenvalue weighted by Crippen LogP contribution is 2.27. The van der Waals surface area contributed by atoms with Gasteiger partial charge in [-0.25, -0.2) is 0 Å². The molecule has 3 N–H and O–H groups in total. The molecule has 82 valence electrons. The Morgan fingerprint density at radius 2 is 2.07 bits per heavy atom. The molecular formula is C11H15ClN2O. The predicted octanol–water partition coefficient (Wildman–Crippen LogP) is 2.24. The Bertz CT molecular complexity index is 365. The molecular weight excluding hydrogens is 212 g/mol. The lowest BCUT2D eigenvalue weighted by Gasteiger charge is -2.12. The van der Waals surface area contributed by atoms with Crippen LogP contribution >= 0.6 is 11.6 Å². The van der Waals surface area contributed by atoms with Crippen molar-refractivity contribution in [3.8, 4) is 0 Å². The Kier molecular flexibility index (Phi) is 3.72. The summed E-state index contributed by atoms with van der Waals surface area (Å²) in [6.45, 7) is 5.48. The van der Waals surface area contributed by atoms with Crippen LogP contribution in [0.25, 0.3) is 0 Å². The van der Waals surface area contributed by atoms with Gasteiger partial charge in [0.25, 0.3) is 0 Å². The molecule has 0 aromatic heterocycles. The third-order valence-electron chi connectivity index (χ3n) is 2.09. The van der Waals surface area contributed by atoms with Crippen molar-refractivity contribution in [2.45, 2.75) is 26.8 Å². The quantitative estimate of drug-likeness (QED) is 0.813. The maximum Gasteiger partial charge on any atom is 0.241 e. The molecule has 0 aliphatic heterocycles. The maximum atomic E-state index is 11.4. The minimum absolute atomic E-state index is 0.233. The van der Waals surface area contributed by atoms with E-state index in [4.69, 9.17) is 17.3 Å². The number of halogens is 1. The fraction of sp³-hybridized carbons (Fsp3) is 0.364. The largest absolute Gasteiger partial charge is 0.323 e. The van der Waals surface area contributed by atoms with E-state index in [1.807, 2.05) is 26.0 Å². The lowest BCUT2D eigenvalue weighted by Crippen LogP contribution is -2.32. The number of carbonyl (C=O) groups excluding carboxylic acids is 1. The number of carbonyl (C=O) groups is 1. The predicted molar refractivity (Wildman–Crippen MR) is 63.2 cm³/mol. The molecule has 0 aliphatic carbocycles. The number of aryl methyl sites for hydroxylation is 2. The van der Waals surface area contributed by atoms with Gasteiger partial charge in [0.05, 0.1) is 16.8 Å². The molecule has 1 rings (SSSR count). The summed E-state index contributed by atoms with van der Waals surface area (Å²) in [5.41, 5.74) is 8.11. The van der Waals surface area contributed by atoms with Crippen molar-refractivity contribution in [3.63, 3.8) is 0 Å². The molecule has 0 fully saturated rings. The zero-order valence-electron chi connectivity index (χ0n) is 9.10. The topological polar surface area (TPSA) is 55.1 Å². The highest BCUT2D eigenvalue weighted by atomic mass is 35.5. The van der Waals surface area contributed by atoms with Crippen molar-refractivity contribution >= 4 is 23.2 Å². The molecule has 1 aromatic rings. The van der Waals surface area contributed by atoms with Crippen LogP contribution in [-0.4, -0.2) is 11.9 Å². The zero-order valence-corrected chi connectivity index (χ0v) is 9.85. The summed E-state index contributed by atoms with van der Waals surface area (Å²) >= 11 is 6.03. The second-order valence-electron chi connectivity index (χ2n) is 3.72. The average Bonchev–Trinajstić information content (AvgIpc) is 2.10. The Morgan fingerprint density at radius 3 is 2.53 bits per heavy atom. The second-order valence-corrected chi connectivity index (χ2v) is 4.12. The molecule has 0 saturated carbocycles. The van der Waals surface area contributed by atoms with Crippen LogP contribution in [-0.2, 0) is 4.79 Å². The number of amides is 1. The molecule has 1 amide bonds.